The maximum absolute atomic E-state index is 13.9. The van der Waals surface area contributed by atoms with Crippen LogP contribution >= 0.6 is 0 Å². The van der Waals surface area contributed by atoms with Crippen molar-refractivity contribution in [1.82, 2.24) is 4.90 Å². The average molecular weight is 448 g/mol. The summed E-state index contributed by atoms with van der Waals surface area (Å²) in [5, 5.41) is 0. The molecule has 1 heterocycles. The first-order chi connectivity index (χ1) is 15.9. The molecule has 0 radical (unpaired) electrons. The third kappa shape index (κ3) is 4.54. The zero-order valence-electron chi connectivity index (χ0n) is 19.9. The van der Waals surface area contributed by atoms with Crippen LogP contribution in [0.3, 0.4) is 0 Å². The number of rotatable bonds is 7. The van der Waals surface area contributed by atoms with Crippen molar-refractivity contribution in [2.45, 2.75) is 46.2 Å². The number of nitrogens with zero attached hydrogens (tertiary/aromatic N) is 1. The van der Waals surface area contributed by atoms with Crippen molar-refractivity contribution in [3.05, 3.63) is 76.9 Å². The van der Waals surface area contributed by atoms with Gasteiger partial charge in [-0.1, -0.05) is 53.6 Å². The Kier molecular flexibility index (Phi) is 6.87. The summed E-state index contributed by atoms with van der Waals surface area (Å²) >= 11 is 0. The number of likely N-dealkylation sites (tertiary alicyclic amines) is 1. The smallest absolute Gasteiger partial charge is 0.310 e. The lowest BCUT2D eigenvalue weighted by Gasteiger charge is -2.35. The molecule has 0 aromatic heterocycles. The van der Waals surface area contributed by atoms with Crippen molar-refractivity contribution >= 4 is 11.9 Å². The predicted octanol–water partition coefficient (Wildman–Crippen LogP) is 4.80. The largest absolute Gasteiger partial charge is 0.497 e. The topological polar surface area (TPSA) is 55.8 Å². The van der Waals surface area contributed by atoms with Crippen LogP contribution in [0.15, 0.2) is 65.7 Å². The van der Waals surface area contributed by atoms with Crippen molar-refractivity contribution in [1.29, 1.82) is 0 Å². The molecule has 33 heavy (non-hydrogen) atoms. The molecule has 0 saturated carbocycles. The predicted molar refractivity (Wildman–Crippen MR) is 128 cm³/mol. The van der Waals surface area contributed by atoms with Gasteiger partial charge < -0.3 is 14.4 Å². The van der Waals surface area contributed by atoms with Gasteiger partial charge in [-0.2, -0.15) is 0 Å². The van der Waals surface area contributed by atoms with Gasteiger partial charge in [0.1, 0.15) is 5.75 Å². The molecule has 2 aromatic rings. The van der Waals surface area contributed by atoms with Crippen LogP contribution in [0, 0.1) is 17.8 Å². The van der Waals surface area contributed by atoms with Gasteiger partial charge in [0.2, 0.25) is 5.91 Å². The minimum absolute atomic E-state index is 0.000824. The maximum atomic E-state index is 13.9. The van der Waals surface area contributed by atoms with E-state index in [1.165, 1.54) is 16.7 Å². The Labute approximate surface area is 196 Å². The molecule has 1 aliphatic carbocycles. The number of amides is 1. The summed E-state index contributed by atoms with van der Waals surface area (Å²) in [5.74, 6) is -0.207. The Bertz CT molecular complexity index is 1030. The molecule has 174 valence electrons. The van der Waals surface area contributed by atoms with Gasteiger partial charge in [0.05, 0.1) is 25.6 Å². The lowest BCUT2D eigenvalue weighted by Crippen LogP contribution is -2.38. The number of methoxy groups -OCH3 is 1. The van der Waals surface area contributed by atoms with Gasteiger partial charge in [-0.05, 0) is 56.9 Å². The molecule has 1 amide bonds. The van der Waals surface area contributed by atoms with Crippen molar-refractivity contribution in [3.63, 3.8) is 0 Å². The first-order valence-corrected chi connectivity index (χ1v) is 11.7. The Morgan fingerprint density at radius 1 is 1.00 bits per heavy atom. The van der Waals surface area contributed by atoms with Gasteiger partial charge >= 0.3 is 5.97 Å². The normalized spacial score (nSPS) is 24.6. The highest BCUT2D eigenvalue weighted by molar-refractivity contribution is 5.89. The molecule has 4 atom stereocenters. The molecular formula is C28H33NO4. The summed E-state index contributed by atoms with van der Waals surface area (Å²) < 4.78 is 10.7. The lowest BCUT2D eigenvalue weighted by molar-refractivity contribution is -0.154. The van der Waals surface area contributed by atoms with Crippen LogP contribution in [-0.2, 0) is 27.3 Å². The van der Waals surface area contributed by atoms with Crippen LogP contribution in [0.5, 0.6) is 5.75 Å². The van der Waals surface area contributed by atoms with E-state index in [0.717, 1.165) is 17.7 Å². The Morgan fingerprint density at radius 2 is 1.70 bits per heavy atom. The average Bonchev–Trinajstić information content (AvgIpc) is 3.09. The second-order valence-corrected chi connectivity index (χ2v) is 9.15. The van der Waals surface area contributed by atoms with Gasteiger partial charge in [-0.3, -0.25) is 9.59 Å². The number of carbonyl (C=O) groups excluding carboxylic acids is 2. The molecule has 0 unspecified atom stereocenters. The highest BCUT2D eigenvalue weighted by Gasteiger charge is 2.55. The van der Waals surface area contributed by atoms with Crippen molar-refractivity contribution < 1.29 is 19.1 Å². The minimum Gasteiger partial charge on any atom is -0.497 e. The number of carbonyl (C=O) groups is 2. The zero-order chi connectivity index (χ0) is 23.5. The molecule has 5 nitrogen and oxygen atoms in total. The van der Waals surface area contributed by atoms with Crippen LogP contribution in [0.2, 0.25) is 0 Å². The SMILES string of the molecule is CCOC(=O)[C@H]1CC(C)=C(C)[C@@H]2[C@@H]1C(=O)N(Cc1ccc(OC)cc1)[C@H]2Cc1ccccc1. The Balaban J connectivity index is 1.73. The van der Waals surface area contributed by atoms with Crippen LogP contribution in [0.25, 0.3) is 0 Å². The van der Waals surface area contributed by atoms with E-state index in [1.54, 1.807) is 7.11 Å². The first-order valence-electron chi connectivity index (χ1n) is 11.7. The number of benzene rings is 2. The van der Waals surface area contributed by atoms with Gasteiger partial charge in [0.15, 0.2) is 0 Å². The Morgan fingerprint density at radius 3 is 2.33 bits per heavy atom. The molecule has 4 rings (SSSR count). The van der Waals surface area contributed by atoms with E-state index in [9.17, 15) is 9.59 Å². The van der Waals surface area contributed by atoms with E-state index in [4.69, 9.17) is 9.47 Å². The van der Waals surface area contributed by atoms with E-state index in [2.05, 4.69) is 26.0 Å². The minimum atomic E-state index is -0.426. The summed E-state index contributed by atoms with van der Waals surface area (Å²) in [5.41, 5.74) is 4.69. The monoisotopic (exact) mass is 447 g/mol. The van der Waals surface area contributed by atoms with E-state index in [0.29, 0.717) is 19.6 Å². The molecule has 1 fully saturated rings. The standard InChI is InChI=1S/C28H33NO4/c1-5-33-28(31)23-15-18(2)19(3)25-24(16-20-9-7-6-8-10-20)29(27(30)26(23)25)17-21-11-13-22(32-4)14-12-21/h6-14,23-26H,5,15-17H2,1-4H3/t23-,24-,25-,26+/m0/s1. The number of hydrogen-bond acceptors (Lipinski definition) is 4. The van der Waals surface area contributed by atoms with E-state index in [-0.39, 0.29) is 29.8 Å². The fourth-order valence-electron chi connectivity index (χ4n) is 5.52. The van der Waals surface area contributed by atoms with Crippen LogP contribution in [0.4, 0.5) is 0 Å². The van der Waals surface area contributed by atoms with Crippen molar-refractivity contribution in [3.8, 4) is 5.75 Å². The third-order valence-corrected chi connectivity index (χ3v) is 7.29. The second kappa shape index (κ2) is 9.82. The maximum Gasteiger partial charge on any atom is 0.310 e. The summed E-state index contributed by atoms with van der Waals surface area (Å²) in [6, 6.07) is 18.1. The molecule has 0 bridgehead atoms. The lowest BCUT2D eigenvalue weighted by atomic mass is 9.68. The van der Waals surface area contributed by atoms with Crippen LogP contribution in [-0.4, -0.2) is 36.5 Å². The number of hydrogen-bond donors (Lipinski definition) is 0. The number of ether oxygens (including phenoxy) is 2. The second-order valence-electron chi connectivity index (χ2n) is 9.15. The van der Waals surface area contributed by atoms with Crippen molar-refractivity contribution in [2.75, 3.05) is 13.7 Å². The fraction of sp³-hybridized carbons (Fsp3) is 0.429. The van der Waals surface area contributed by atoms with E-state index >= 15 is 0 Å². The summed E-state index contributed by atoms with van der Waals surface area (Å²) in [4.78, 5) is 28.8. The first kappa shape index (κ1) is 23.1. The molecule has 1 aliphatic heterocycles. The van der Waals surface area contributed by atoms with Gasteiger partial charge in [-0.25, -0.2) is 0 Å². The highest BCUT2D eigenvalue weighted by atomic mass is 16.5. The summed E-state index contributed by atoms with van der Waals surface area (Å²) in [6.07, 6.45) is 1.34. The number of esters is 1. The van der Waals surface area contributed by atoms with Crippen LogP contribution in [0.1, 0.15) is 38.3 Å². The zero-order valence-corrected chi connectivity index (χ0v) is 19.9. The molecule has 0 N–H and O–H groups in total. The van der Waals surface area contributed by atoms with Gasteiger partial charge in [0.25, 0.3) is 0 Å². The quantitative estimate of drug-likeness (QED) is 0.452. The summed E-state index contributed by atoms with van der Waals surface area (Å²) in [6.45, 7) is 6.88. The molecular weight excluding hydrogens is 414 g/mol. The molecule has 5 heteroatoms. The third-order valence-electron chi connectivity index (χ3n) is 7.29. The molecule has 1 saturated heterocycles. The fourth-order valence-corrected chi connectivity index (χ4v) is 5.52. The molecule has 0 spiro atoms. The molecule has 2 aromatic carbocycles. The van der Waals surface area contributed by atoms with Crippen molar-refractivity contribution in [2.24, 2.45) is 17.8 Å². The Hall–Kier alpha value is -3.08. The highest BCUT2D eigenvalue weighted by Crippen LogP contribution is 2.48. The van der Waals surface area contributed by atoms with Crippen LogP contribution < -0.4 is 4.74 Å². The van der Waals surface area contributed by atoms with Gasteiger partial charge in [-0.15, -0.1) is 0 Å². The number of allylic oxidation sites excluding steroid dienone is 1. The summed E-state index contributed by atoms with van der Waals surface area (Å²) in [7, 11) is 1.65. The van der Waals surface area contributed by atoms with E-state index < -0.39 is 5.92 Å². The number of fused-ring (bicyclic) bond motifs is 1. The van der Waals surface area contributed by atoms with E-state index in [1.807, 2.05) is 54.3 Å². The van der Waals surface area contributed by atoms with Gasteiger partial charge in [0, 0.05) is 18.5 Å². The molecule has 2 aliphatic rings.